The Hall–Kier alpha value is -2.43. The highest BCUT2D eigenvalue weighted by Crippen LogP contribution is 2.16. The Kier molecular flexibility index (Phi) is 4.55. The van der Waals surface area contributed by atoms with E-state index in [4.69, 9.17) is 0 Å². The molecule has 2 aromatic rings. The van der Waals surface area contributed by atoms with Crippen LogP contribution in [-0.2, 0) is 0 Å². The molecule has 0 aliphatic carbocycles. The lowest BCUT2D eigenvalue weighted by Crippen LogP contribution is -2.35. The molecule has 3 rings (SSSR count). The van der Waals surface area contributed by atoms with Gasteiger partial charge in [0.15, 0.2) is 0 Å². The zero-order valence-electron chi connectivity index (χ0n) is 13.2. The molecule has 2 heterocycles. The molecule has 0 bridgehead atoms. The standard InChI is InChI=1S/C18H20FN3O/c1-14-5-2-8-17(20-14)21-9-4-10-22(12-11-21)18(23)15-6-3-7-16(19)13-15/h2-3,5-8,13H,4,9-12H2,1H3. The zero-order valence-corrected chi connectivity index (χ0v) is 13.2. The van der Waals surface area contributed by atoms with Gasteiger partial charge in [-0.2, -0.15) is 0 Å². The maximum absolute atomic E-state index is 13.3. The van der Waals surface area contributed by atoms with Crippen LogP contribution in [0.2, 0.25) is 0 Å². The minimum Gasteiger partial charge on any atom is -0.355 e. The molecule has 4 nitrogen and oxygen atoms in total. The summed E-state index contributed by atoms with van der Waals surface area (Å²) in [5, 5.41) is 0. The second kappa shape index (κ2) is 6.77. The van der Waals surface area contributed by atoms with Crippen LogP contribution in [0.25, 0.3) is 0 Å². The number of amides is 1. The van der Waals surface area contributed by atoms with Crippen molar-refractivity contribution in [3.8, 4) is 0 Å². The first kappa shape index (κ1) is 15.5. The molecule has 1 aliphatic rings. The minimum absolute atomic E-state index is 0.108. The second-order valence-electron chi connectivity index (χ2n) is 5.78. The summed E-state index contributed by atoms with van der Waals surface area (Å²) in [6.07, 6.45) is 0.872. The van der Waals surface area contributed by atoms with Gasteiger partial charge in [-0.3, -0.25) is 4.79 Å². The van der Waals surface area contributed by atoms with Crippen molar-refractivity contribution in [1.29, 1.82) is 0 Å². The molecule has 0 N–H and O–H groups in total. The van der Waals surface area contributed by atoms with Crippen molar-refractivity contribution in [3.05, 3.63) is 59.5 Å². The summed E-state index contributed by atoms with van der Waals surface area (Å²) in [4.78, 5) is 21.1. The first-order chi connectivity index (χ1) is 11.1. The summed E-state index contributed by atoms with van der Waals surface area (Å²) >= 11 is 0. The number of anilines is 1. The van der Waals surface area contributed by atoms with Crippen molar-refractivity contribution in [2.45, 2.75) is 13.3 Å². The van der Waals surface area contributed by atoms with Gasteiger partial charge in [-0.15, -0.1) is 0 Å². The average Bonchev–Trinajstić information content (AvgIpc) is 2.80. The van der Waals surface area contributed by atoms with Gasteiger partial charge in [-0.1, -0.05) is 12.1 Å². The molecule has 0 saturated carbocycles. The summed E-state index contributed by atoms with van der Waals surface area (Å²) in [7, 11) is 0. The van der Waals surface area contributed by atoms with Crippen molar-refractivity contribution >= 4 is 11.7 Å². The highest BCUT2D eigenvalue weighted by Gasteiger charge is 2.21. The molecule has 1 aromatic carbocycles. The molecule has 1 amide bonds. The molecule has 1 aliphatic heterocycles. The molecule has 23 heavy (non-hydrogen) atoms. The van der Waals surface area contributed by atoms with Gasteiger partial charge in [0.2, 0.25) is 0 Å². The molecule has 1 saturated heterocycles. The molecule has 1 aromatic heterocycles. The number of nitrogens with zero attached hydrogens (tertiary/aromatic N) is 3. The number of hydrogen-bond acceptors (Lipinski definition) is 3. The van der Waals surface area contributed by atoms with Gasteiger partial charge in [0, 0.05) is 37.4 Å². The number of rotatable bonds is 2. The van der Waals surface area contributed by atoms with Gasteiger partial charge in [0.05, 0.1) is 0 Å². The third-order valence-corrected chi connectivity index (χ3v) is 4.05. The lowest BCUT2D eigenvalue weighted by molar-refractivity contribution is 0.0766. The van der Waals surface area contributed by atoms with E-state index in [1.165, 1.54) is 12.1 Å². The first-order valence-corrected chi connectivity index (χ1v) is 7.87. The molecular formula is C18H20FN3O. The van der Waals surface area contributed by atoms with E-state index >= 15 is 0 Å². The Bertz CT molecular complexity index is 704. The van der Waals surface area contributed by atoms with E-state index in [-0.39, 0.29) is 11.7 Å². The Morgan fingerprint density at radius 1 is 1.09 bits per heavy atom. The lowest BCUT2D eigenvalue weighted by Gasteiger charge is -2.23. The Labute approximate surface area is 135 Å². The monoisotopic (exact) mass is 313 g/mol. The summed E-state index contributed by atoms with van der Waals surface area (Å²) in [6, 6.07) is 11.9. The molecule has 0 atom stereocenters. The van der Waals surface area contributed by atoms with Gasteiger partial charge in [0.25, 0.3) is 5.91 Å². The topological polar surface area (TPSA) is 36.4 Å². The van der Waals surface area contributed by atoms with Crippen LogP contribution in [0.3, 0.4) is 0 Å². The number of pyridine rings is 1. The first-order valence-electron chi connectivity index (χ1n) is 7.87. The predicted octanol–water partition coefficient (Wildman–Crippen LogP) is 2.88. The van der Waals surface area contributed by atoms with E-state index in [0.29, 0.717) is 18.7 Å². The molecule has 0 spiro atoms. The normalized spacial score (nSPS) is 15.4. The molecule has 1 fully saturated rings. The van der Waals surface area contributed by atoms with E-state index in [9.17, 15) is 9.18 Å². The minimum atomic E-state index is -0.378. The second-order valence-corrected chi connectivity index (χ2v) is 5.78. The van der Waals surface area contributed by atoms with Crippen LogP contribution in [0.4, 0.5) is 10.2 Å². The van der Waals surface area contributed by atoms with Crippen molar-refractivity contribution in [2.75, 3.05) is 31.1 Å². The van der Waals surface area contributed by atoms with Crippen LogP contribution in [0.5, 0.6) is 0 Å². The van der Waals surface area contributed by atoms with Crippen LogP contribution in [0.15, 0.2) is 42.5 Å². The molecular weight excluding hydrogens is 293 g/mol. The van der Waals surface area contributed by atoms with E-state index in [1.807, 2.05) is 25.1 Å². The van der Waals surface area contributed by atoms with Crippen molar-refractivity contribution < 1.29 is 9.18 Å². The number of aromatic nitrogens is 1. The molecule has 0 unspecified atom stereocenters. The lowest BCUT2D eigenvalue weighted by atomic mass is 10.2. The third-order valence-electron chi connectivity index (χ3n) is 4.05. The number of benzene rings is 1. The van der Waals surface area contributed by atoms with Gasteiger partial charge in [0.1, 0.15) is 11.6 Å². The summed E-state index contributed by atoms with van der Waals surface area (Å²) in [5.74, 6) is 0.463. The van der Waals surface area contributed by atoms with E-state index in [2.05, 4.69) is 9.88 Å². The van der Waals surface area contributed by atoms with Gasteiger partial charge < -0.3 is 9.80 Å². The van der Waals surface area contributed by atoms with Crippen LogP contribution < -0.4 is 4.90 Å². The largest absolute Gasteiger partial charge is 0.355 e. The number of aryl methyl sites for hydroxylation is 1. The Balaban J connectivity index is 1.70. The number of halogens is 1. The molecule has 120 valence electrons. The van der Waals surface area contributed by atoms with Crippen molar-refractivity contribution in [3.63, 3.8) is 0 Å². The number of hydrogen-bond donors (Lipinski definition) is 0. The molecule has 0 radical (unpaired) electrons. The average molecular weight is 313 g/mol. The third kappa shape index (κ3) is 3.67. The fourth-order valence-electron chi connectivity index (χ4n) is 2.86. The van der Waals surface area contributed by atoms with Crippen LogP contribution in [0.1, 0.15) is 22.5 Å². The number of carbonyl (C=O) groups excluding carboxylic acids is 1. The van der Waals surface area contributed by atoms with E-state index in [1.54, 1.807) is 17.0 Å². The van der Waals surface area contributed by atoms with Crippen molar-refractivity contribution in [2.24, 2.45) is 0 Å². The van der Waals surface area contributed by atoms with E-state index < -0.39 is 0 Å². The van der Waals surface area contributed by atoms with Gasteiger partial charge in [-0.25, -0.2) is 9.37 Å². The maximum Gasteiger partial charge on any atom is 0.254 e. The Morgan fingerprint density at radius 2 is 1.91 bits per heavy atom. The van der Waals surface area contributed by atoms with Crippen molar-refractivity contribution in [1.82, 2.24) is 9.88 Å². The zero-order chi connectivity index (χ0) is 16.2. The van der Waals surface area contributed by atoms with E-state index in [0.717, 1.165) is 31.0 Å². The number of carbonyl (C=O) groups is 1. The molecule has 5 heteroatoms. The quantitative estimate of drug-likeness (QED) is 0.855. The summed E-state index contributed by atoms with van der Waals surface area (Å²) < 4.78 is 13.3. The van der Waals surface area contributed by atoms with Crippen LogP contribution in [-0.4, -0.2) is 42.0 Å². The highest BCUT2D eigenvalue weighted by atomic mass is 19.1. The van der Waals surface area contributed by atoms with Crippen LogP contribution >= 0.6 is 0 Å². The predicted molar refractivity (Wildman–Crippen MR) is 88.1 cm³/mol. The highest BCUT2D eigenvalue weighted by molar-refractivity contribution is 5.94. The maximum atomic E-state index is 13.3. The fourth-order valence-corrected chi connectivity index (χ4v) is 2.86. The smallest absolute Gasteiger partial charge is 0.254 e. The van der Waals surface area contributed by atoms with Gasteiger partial charge >= 0.3 is 0 Å². The Morgan fingerprint density at radius 3 is 2.70 bits per heavy atom. The van der Waals surface area contributed by atoms with Gasteiger partial charge in [-0.05, 0) is 43.7 Å². The fraction of sp³-hybridized carbons (Fsp3) is 0.333. The van der Waals surface area contributed by atoms with Crippen LogP contribution in [0, 0.1) is 12.7 Å². The summed E-state index contributed by atoms with van der Waals surface area (Å²) in [6.45, 7) is 4.87. The summed E-state index contributed by atoms with van der Waals surface area (Å²) in [5.41, 5.74) is 1.39. The SMILES string of the molecule is Cc1cccc(N2CCCN(C(=O)c3cccc(F)c3)CC2)n1.